The lowest BCUT2D eigenvalue weighted by Crippen LogP contribution is -3.16. The SMILES string of the molecule is Cc1ccccc1C(C(=O)[NH+]1CCC(C(=O)c2ccc(F)cc2)CC1)n1cnc(NC(=O)C(COCc2ccccc2)NC(=O)C(C)(C)NC(=O)OC(C)(C)C)c1. The second kappa shape index (κ2) is 18.5. The third-order valence-electron chi connectivity index (χ3n) is 9.72. The maximum absolute atomic E-state index is 14.4. The molecule has 3 aromatic carbocycles. The van der Waals surface area contributed by atoms with Crippen molar-refractivity contribution in [2.45, 2.75) is 84.2 Å². The minimum Gasteiger partial charge on any atom is -0.444 e. The van der Waals surface area contributed by atoms with Crippen molar-refractivity contribution in [1.82, 2.24) is 20.2 Å². The van der Waals surface area contributed by atoms with Gasteiger partial charge in [-0.15, -0.1) is 0 Å². The van der Waals surface area contributed by atoms with Crippen LogP contribution in [0.2, 0.25) is 0 Å². The number of nitrogens with one attached hydrogen (secondary N) is 4. The molecule has 4 N–H and O–H groups in total. The van der Waals surface area contributed by atoms with Crippen molar-refractivity contribution >= 4 is 35.4 Å². The van der Waals surface area contributed by atoms with Crippen molar-refractivity contribution in [3.8, 4) is 0 Å². The predicted octanol–water partition coefficient (Wildman–Crippen LogP) is 4.57. The van der Waals surface area contributed by atoms with Gasteiger partial charge in [0.05, 0.1) is 32.6 Å². The zero-order chi connectivity index (χ0) is 41.3. The highest BCUT2D eigenvalue weighted by atomic mass is 19.1. The summed E-state index contributed by atoms with van der Waals surface area (Å²) >= 11 is 0. The quantitative estimate of drug-likeness (QED) is 0.135. The van der Waals surface area contributed by atoms with Crippen LogP contribution in [0.5, 0.6) is 0 Å². The fourth-order valence-corrected chi connectivity index (χ4v) is 6.61. The van der Waals surface area contributed by atoms with Gasteiger partial charge in [-0.3, -0.25) is 19.3 Å². The number of aryl methyl sites for hydroxylation is 1. The van der Waals surface area contributed by atoms with Crippen LogP contribution >= 0.6 is 0 Å². The average molecular weight is 784 g/mol. The Hall–Kier alpha value is -5.73. The van der Waals surface area contributed by atoms with Gasteiger partial charge in [0, 0.05) is 30.5 Å². The van der Waals surface area contributed by atoms with Crippen LogP contribution in [0, 0.1) is 18.7 Å². The van der Waals surface area contributed by atoms with E-state index in [0.29, 0.717) is 36.4 Å². The Kier molecular flexibility index (Phi) is 13.7. The van der Waals surface area contributed by atoms with E-state index in [4.69, 9.17) is 9.47 Å². The zero-order valence-corrected chi connectivity index (χ0v) is 33.3. The summed E-state index contributed by atoms with van der Waals surface area (Å²) in [5, 5.41) is 8.02. The van der Waals surface area contributed by atoms with E-state index in [1.165, 1.54) is 44.4 Å². The minimum absolute atomic E-state index is 0.0604. The summed E-state index contributed by atoms with van der Waals surface area (Å²) in [6.07, 6.45) is 3.23. The normalized spacial score (nSPS) is 16.8. The number of hydrogen-bond donors (Lipinski definition) is 4. The number of carbonyl (C=O) groups excluding carboxylic acids is 5. The van der Waals surface area contributed by atoms with Gasteiger partial charge in [0.1, 0.15) is 23.0 Å². The number of anilines is 1. The zero-order valence-electron chi connectivity index (χ0n) is 33.3. The van der Waals surface area contributed by atoms with Gasteiger partial charge in [-0.05, 0) is 82.5 Å². The van der Waals surface area contributed by atoms with Gasteiger partial charge in [-0.25, -0.2) is 19.0 Å². The molecule has 0 aliphatic carbocycles. The molecule has 14 heteroatoms. The first kappa shape index (κ1) is 42.4. The van der Waals surface area contributed by atoms with E-state index < -0.39 is 46.9 Å². The molecule has 1 aliphatic heterocycles. The van der Waals surface area contributed by atoms with Crippen LogP contribution in [0.1, 0.15) is 80.6 Å². The molecule has 2 atom stereocenters. The molecule has 4 aromatic rings. The Labute approximate surface area is 332 Å². The molecule has 4 amide bonds. The second-order valence-electron chi connectivity index (χ2n) is 15.8. The standard InChI is InChI=1S/C43H51FN6O7/c1-28-12-10-11-15-33(28)36(39(53)49-22-20-31(21-23-49)37(51)30-16-18-32(44)19-17-30)50-24-35(45-27-50)47-38(52)34(26-56-25-29-13-8-7-9-14-29)46-40(54)43(5,6)48-41(55)57-42(2,3)4/h7-19,24,27,31,34,36H,20-23,25-26H2,1-6H3,(H,46,54)(H,47,52)(H,48,55)/p+1. The van der Waals surface area contributed by atoms with Crippen molar-refractivity contribution < 1.29 is 42.7 Å². The Morgan fingerprint density at radius 2 is 1.56 bits per heavy atom. The van der Waals surface area contributed by atoms with Gasteiger partial charge >= 0.3 is 12.0 Å². The van der Waals surface area contributed by atoms with E-state index in [1.54, 1.807) is 31.5 Å². The first-order valence-electron chi connectivity index (χ1n) is 19.0. The Balaban J connectivity index is 1.31. The summed E-state index contributed by atoms with van der Waals surface area (Å²) in [5.41, 5.74) is 0.708. The molecule has 57 heavy (non-hydrogen) atoms. The first-order valence-corrected chi connectivity index (χ1v) is 19.0. The van der Waals surface area contributed by atoms with Crippen LogP contribution in [0.15, 0.2) is 91.4 Å². The molecule has 2 unspecified atom stereocenters. The molecule has 5 rings (SSSR count). The van der Waals surface area contributed by atoms with Gasteiger partial charge in [0.2, 0.25) is 5.91 Å². The van der Waals surface area contributed by atoms with Gasteiger partial charge in [0.15, 0.2) is 17.6 Å². The van der Waals surface area contributed by atoms with E-state index in [1.807, 2.05) is 61.5 Å². The van der Waals surface area contributed by atoms with Crippen LogP contribution in [-0.2, 0) is 30.5 Å². The lowest BCUT2D eigenvalue weighted by Gasteiger charge is -2.30. The molecule has 0 spiro atoms. The number of carbonyl (C=O) groups is 5. The molecular formula is C43H52FN6O7+. The predicted molar refractivity (Wildman–Crippen MR) is 211 cm³/mol. The number of hydrogen-bond acceptors (Lipinski definition) is 8. The summed E-state index contributed by atoms with van der Waals surface area (Å²) in [4.78, 5) is 72.5. The number of likely N-dealkylation sites (tertiary alicyclic amines) is 1. The molecule has 1 aliphatic rings. The van der Waals surface area contributed by atoms with Crippen LogP contribution in [0.3, 0.4) is 0 Å². The highest BCUT2D eigenvalue weighted by Gasteiger charge is 2.38. The summed E-state index contributed by atoms with van der Waals surface area (Å²) < 4.78 is 26.3. The number of ketones is 1. The van der Waals surface area contributed by atoms with Crippen molar-refractivity contribution in [2.24, 2.45) is 5.92 Å². The van der Waals surface area contributed by atoms with Gasteiger partial charge < -0.3 is 30.0 Å². The molecule has 1 saturated heterocycles. The van der Waals surface area contributed by atoms with Crippen molar-refractivity contribution in [3.63, 3.8) is 0 Å². The highest BCUT2D eigenvalue weighted by molar-refractivity contribution is 5.99. The number of halogens is 1. The monoisotopic (exact) mass is 783 g/mol. The number of amides is 4. The number of alkyl carbamates (subject to hydrolysis) is 1. The number of nitrogens with zero attached hydrogens (tertiary/aromatic N) is 2. The fraction of sp³-hybridized carbons (Fsp3) is 0.395. The van der Waals surface area contributed by atoms with Gasteiger partial charge in [-0.1, -0.05) is 54.6 Å². The number of benzene rings is 3. The topological polar surface area (TPSA) is 162 Å². The largest absolute Gasteiger partial charge is 0.444 e. The maximum Gasteiger partial charge on any atom is 0.408 e. The van der Waals surface area contributed by atoms with Crippen LogP contribution in [0.4, 0.5) is 15.0 Å². The average Bonchev–Trinajstić information content (AvgIpc) is 3.62. The van der Waals surface area contributed by atoms with Crippen molar-refractivity contribution in [1.29, 1.82) is 0 Å². The molecule has 0 saturated carbocycles. The summed E-state index contributed by atoms with van der Waals surface area (Å²) in [6.45, 7) is 10.8. The summed E-state index contributed by atoms with van der Waals surface area (Å²) in [5.74, 6) is -2.01. The lowest BCUT2D eigenvalue weighted by atomic mass is 9.88. The van der Waals surface area contributed by atoms with Crippen LogP contribution in [0.25, 0.3) is 0 Å². The van der Waals surface area contributed by atoms with Gasteiger partial charge in [-0.2, -0.15) is 0 Å². The Bertz CT molecular complexity index is 2040. The lowest BCUT2D eigenvalue weighted by molar-refractivity contribution is -0.828. The minimum atomic E-state index is -1.46. The third-order valence-corrected chi connectivity index (χ3v) is 9.72. The Morgan fingerprint density at radius 1 is 0.912 bits per heavy atom. The Morgan fingerprint density at radius 3 is 2.21 bits per heavy atom. The molecule has 2 heterocycles. The van der Waals surface area contributed by atoms with Crippen LogP contribution < -0.4 is 20.9 Å². The number of piperidine rings is 1. The first-order chi connectivity index (χ1) is 27.0. The molecular weight excluding hydrogens is 732 g/mol. The van der Waals surface area contributed by atoms with Crippen molar-refractivity contribution in [3.05, 3.63) is 119 Å². The molecule has 0 radical (unpaired) electrons. The second-order valence-corrected chi connectivity index (χ2v) is 15.8. The smallest absolute Gasteiger partial charge is 0.408 e. The summed E-state index contributed by atoms with van der Waals surface area (Å²) in [7, 11) is 0. The number of quaternary nitrogens is 1. The van der Waals surface area contributed by atoms with E-state index in [0.717, 1.165) is 16.7 Å². The summed E-state index contributed by atoms with van der Waals surface area (Å²) in [6, 6.07) is 20.4. The molecule has 0 bridgehead atoms. The number of imidazole rings is 1. The highest BCUT2D eigenvalue weighted by Crippen LogP contribution is 2.24. The number of Topliss-reactive ketones (excluding diaryl/α,β-unsaturated/α-hetero) is 1. The molecule has 302 valence electrons. The van der Waals surface area contributed by atoms with Gasteiger partial charge in [0.25, 0.3) is 5.91 Å². The molecule has 1 aromatic heterocycles. The van der Waals surface area contributed by atoms with Crippen molar-refractivity contribution in [2.75, 3.05) is 25.0 Å². The molecule has 13 nitrogen and oxygen atoms in total. The van der Waals surface area contributed by atoms with E-state index in [9.17, 15) is 28.4 Å². The fourth-order valence-electron chi connectivity index (χ4n) is 6.61. The maximum atomic E-state index is 14.4. The van der Waals surface area contributed by atoms with Crippen LogP contribution in [-0.4, -0.2) is 76.0 Å². The number of rotatable bonds is 14. The van der Waals surface area contributed by atoms with E-state index >= 15 is 0 Å². The number of aromatic nitrogens is 2. The van der Waals surface area contributed by atoms with E-state index in [2.05, 4.69) is 20.9 Å². The van der Waals surface area contributed by atoms with E-state index in [-0.39, 0.29) is 36.6 Å². The third kappa shape index (κ3) is 11.6. The number of ether oxygens (including phenoxy) is 2. The molecule has 1 fully saturated rings.